The van der Waals surface area contributed by atoms with Crippen LogP contribution in [0.2, 0.25) is 0 Å². The summed E-state index contributed by atoms with van der Waals surface area (Å²) in [4.78, 5) is 19.9. The molecule has 1 saturated heterocycles. The second kappa shape index (κ2) is 7.17. The first kappa shape index (κ1) is 16.6. The van der Waals surface area contributed by atoms with Gasteiger partial charge in [-0.05, 0) is 48.4 Å². The molecule has 4 rings (SSSR count). The predicted octanol–water partition coefficient (Wildman–Crippen LogP) is 2.56. The van der Waals surface area contributed by atoms with E-state index in [2.05, 4.69) is 15.3 Å². The molecule has 1 aliphatic heterocycles. The van der Waals surface area contributed by atoms with Crippen LogP contribution in [0.5, 0.6) is 5.75 Å². The van der Waals surface area contributed by atoms with Crippen molar-refractivity contribution in [2.45, 2.75) is 12.5 Å². The first-order valence-corrected chi connectivity index (χ1v) is 8.67. The van der Waals surface area contributed by atoms with Crippen molar-refractivity contribution in [2.75, 3.05) is 20.3 Å². The number of amides is 1. The molecule has 26 heavy (non-hydrogen) atoms. The second-order valence-electron chi connectivity index (χ2n) is 6.57. The highest BCUT2D eigenvalue weighted by molar-refractivity contribution is 5.98. The molecule has 1 fully saturated rings. The van der Waals surface area contributed by atoms with Gasteiger partial charge in [0.15, 0.2) is 0 Å². The highest BCUT2D eigenvalue weighted by Crippen LogP contribution is 2.23. The lowest BCUT2D eigenvalue weighted by molar-refractivity contribution is 0.0921. The Morgan fingerprint density at radius 1 is 1.27 bits per heavy atom. The van der Waals surface area contributed by atoms with Crippen molar-refractivity contribution >= 4 is 16.8 Å². The summed E-state index contributed by atoms with van der Waals surface area (Å²) >= 11 is 0. The average Bonchev–Trinajstić information content (AvgIpc) is 3.28. The number of aromatic nitrogens is 2. The molecule has 0 radical (unpaired) electrons. The van der Waals surface area contributed by atoms with Crippen LogP contribution >= 0.6 is 0 Å². The van der Waals surface area contributed by atoms with Crippen molar-refractivity contribution in [1.82, 2.24) is 15.3 Å². The van der Waals surface area contributed by atoms with Crippen LogP contribution in [0.3, 0.4) is 0 Å². The molecule has 1 aliphatic rings. The molecule has 2 atom stereocenters. The summed E-state index contributed by atoms with van der Waals surface area (Å²) in [5.41, 5.74) is 2.65. The number of methoxy groups -OCH3 is 1. The predicted molar refractivity (Wildman–Crippen MR) is 98.4 cm³/mol. The molecule has 1 aromatic carbocycles. The maximum Gasteiger partial charge on any atom is 0.268 e. The van der Waals surface area contributed by atoms with E-state index in [1.807, 2.05) is 36.4 Å². The van der Waals surface area contributed by atoms with Crippen molar-refractivity contribution < 1.29 is 14.3 Å². The van der Waals surface area contributed by atoms with E-state index in [1.54, 1.807) is 19.5 Å². The third kappa shape index (κ3) is 3.41. The standard InChI is InChI=1S/C20H21N3O3/c1-25-16-2-3-17-14(9-16)10-18(22-17)20(24)23-19-12-26-11-15(19)8-13-4-6-21-7-5-13/h2-7,9-10,15,19,22H,8,11-12H2,1H3,(H,23,24)/t15-,19-/m1/s1. The Balaban J connectivity index is 1.46. The Morgan fingerprint density at radius 3 is 2.92 bits per heavy atom. The van der Waals surface area contributed by atoms with Gasteiger partial charge in [0.05, 0.1) is 26.4 Å². The molecule has 2 aromatic heterocycles. The Labute approximate surface area is 151 Å². The minimum absolute atomic E-state index is 0.00314. The van der Waals surface area contributed by atoms with Gasteiger partial charge in [-0.25, -0.2) is 0 Å². The Morgan fingerprint density at radius 2 is 2.12 bits per heavy atom. The largest absolute Gasteiger partial charge is 0.497 e. The molecule has 3 aromatic rings. The van der Waals surface area contributed by atoms with Gasteiger partial charge in [0.25, 0.3) is 5.91 Å². The first-order valence-electron chi connectivity index (χ1n) is 8.67. The third-order valence-electron chi connectivity index (χ3n) is 4.83. The first-order chi connectivity index (χ1) is 12.7. The van der Waals surface area contributed by atoms with Crippen LogP contribution in [0.1, 0.15) is 16.1 Å². The molecule has 0 saturated carbocycles. The maximum atomic E-state index is 12.7. The zero-order valence-electron chi connectivity index (χ0n) is 14.6. The molecule has 0 aliphatic carbocycles. The highest BCUT2D eigenvalue weighted by Gasteiger charge is 2.30. The minimum Gasteiger partial charge on any atom is -0.497 e. The number of benzene rings is 1. The fourth-order valence-electron chi connectivity index (χ4n) is 3.39. The quantitative estimate of drug-likeness (QED) is 0.741. The lowest BCUT2D eigenvalue weighted by Gasteiger charge is -2.18. The second-order valence-corrected chi connectivity index (χ2v) is 6.57. The van der Waals surface area contributed by atoms with Crippen LogP contribution in [0.15, 0.2) is 48.8 Å². The van der Waals surface area contributed by atoms with Gasteiger partial charge in [0.1, 0.15) is 11.4 Å². The molecule has 0 spiro atoms. The number of hydrogen-bond acceptors (Lipinski definition) is 4. The molecule has 134 valence electrons. The molecule has 1 amide bonds. The van der Waals surface area contributed by atoms with Crippen LogP contribution in [0.25, 0.3) is 10.9 Å². The maximum absolute atomic E-state index is 12.7. The van der Waals surface area contributed by atoms with Gasteiger partial charge in [-0.1, -0.05) is 0 Å². The Kier molecular flexibility index (Phi) is 4.58. The van der Waals surface area contributed by atoms with Crippen molar-refractivity contribution in [2.24, 2.45) is 5.92 Å². The lowest BCUT2D eigenvalue weighted by atomic mass is 9.95. The van der Waals surface area contributed by atoms with Crippen LogP contribution < -0.4 is 10.1 Å². The summed E-state index contributed by atoms with van der Waals surface area (Å²) < 4.78 is 10.8. The average molecular weight is 351 g/mol. The Bertz CT molecular complexity index is 907. The van der Waals surface area contributed by atoms with Gasteiger partial charge in [0, 0.05) is 29.2 Å². The number of nitrogens with one attached hydrogen (secondary N) is 2. The molecular weight excluding hydrogens is 330 g/mol. The highest BCUT2D eigenvalue weighted by atomic mass is 16.5. The SMILES string of the molecule is COc1ccc2[nH]c(C(=O)N[C@@H]3COC[C@H]3Cc3ccncc3)cc2c1. The number of aromatic amines is 1. The monoisotopic (exact) mass is 351 g/mol. The number of carbonyl (C=O) groups is 1. The van der Waals surface area contributed by atoms with E-state index >= 15 is 0 Å². The number of rotatable bonds is 5. The fourth-order valence-corrected chi connectivity index (χ4v) is 3.39. The minimum atomic E-state index is -0.115. The topological polar surface area (TPSA) is 76.2 Å². The molecular formula is C20H21N3O3. The smallest absolute Gasteiger partial charge is 0.268 e. The molecule has 6 heteroatoms. The van der Waals surface area contributed by atoms with E-state index < -0.39 is 0 Å². The summed E-state index contributed by atoms with van der Waals surface area (Å²) in [6.45, 7) is 1.19. The molecule has 3 heterocycles. The van der Waals surface area contributed by atoms with Gasteiger partial charge >= 0.3 is 0 Å². The number of fused-ring (bicyclic) bond motifs is 1. The third-order valence-corrected chi connectivity index (χ3v) is 4.83. The lowest BCUT2D eigenvalue weighted by Crippen LogP contribution is -2.40. The van der Waals surface area contributed by atoms with Gasteiger partial charge < -0.3 is 19.8 Å². The normalized spacial score (nSPS) is 19.6. The van der Waals surface area contributed by atoms with E-state index in [1.165, 1.54) is 5.56 Å². The zero-order chi connectivity index (χ0) is 17.9. The number of hydrogen-bond donors (Lipinski definition) is 2. The van der Waals surface area contributed by atoms with E-state index in [0.29, 0.717) is 18.9 Å². The summed E-state index contributed by atoms with van der Waals surface area (Å²) in [6, 6.07) is 11.5. The zero-order valence-corrected chi connectivity index (χ0v) is 14.6. The van der Waals surface area contributed by atoms with Crippen LogP contribution in [0.4, 0.5) is 0 Å². The van der Waals surface area contributed by atoms with Crippen LogP contribution in [-0.2, 0) is 11.2 Å². The number of nitrogens with zero attached hydrogens (tertiary/aromatic N) is 1. The summed E-state index contributed by atoms with van der Waals surface area (Å²) in [6.07, 6.45) is 4.44. The van der Waals surface area contributed by atoms with Crippen molar-refractivity contribution in [3.05, 3.63) is 60.0 Å². The van der Waals surface area contributed by atoms with E-state index in [9.17, 15) is 4.79 Å². The van der Waals surface area contributed by atoms with E-state index in [-0.39, 0.29) is 17.9 Å². The van der Waals surface area contributed by atoms with Gasteiger partial charge in [0.2, 0.25) is 0 Å². The number of pyridine rings is 1. The van der Waals surface area contributed by atoms with Gasteiger partial charge in [-0.3, -0.25) is 9.78 Å². The number of ether oxygens (including phenoxy) is 2. The van der Waals surface area contributed by atoms with Crippen molar-refractivity contribution in [1.29, 1.82) is 0 Å². The summed E-state index contributed by atoms with van der Waals surface area (Å²) in [5.74, 6) is 0.909. The Hall–Kier alpha value is -2.86. The molecule has 0 unspecified atom stereocenters. The molecule has 6 nitrogen and oxygen atoms in total. The van der Waals surface area contributed by atoms with Crippen molar-refractivity contribution in [3.63, 3.8) is 0 Å². The molecule has 2 N–H and O–H groups in total. The van der Waals surface area contributed by atoms with Gasteiger partial charge in [-0.15, -0.1) is 0 Å². The van der Waals surface area contributed by atoms with E-state index in [4.69, 9.17) is 9.47 Å². The summed E-state index contributed by atoms with van der Waals surface area (Å²) in [5, 5.41) is 4.06. The van der Waals surface area contributed by atoms with Crippen molar-refractivity contribution in [3.8, 4) is 5.75 Å². The van der Waals surface area contributed by atoms with E-state index in [0.717, 1.165) is 23.1 Å². The number of carbonyl (C=O) groups excluding carboxylic acids is 1. The van der Waals surface area contributed by atoms with Crippen LogP contribution in [-0.4, -0.2) is 42.2 Å². The number of H-pyrrole nitrogens is 1. The summed E-state index contributed by atoms with van der Waals surface area (Å²) in [7, 11) is 1.63. The van der Waals surface area contributed by atoms with Crippen LogP contribution in [0, 0.1) is 5.92 Å². The molecule has 0 bridgehead atoms. The fraction of sp³-hybridized carbons (Fsp3) is 0.300. The van der Waals surface area contributed by atoms with Gasteiger partial charge in [-0.2, -0.15) is 0 Å².